The molecule has 1 aliphatic carbocycles. The second-order valence-corrected chi connectivity index (χ2v) is 7.25. The smallest absolute Gasteiger partial charge is 0.329 e. The maximum absolute atomic E-state index is 13.1. The molecule has 27 heavy (non-hydrogen) atoms. The molecule has 2 aromatic rings. The van der Waals surface area contributed by atoms with Crippen LogP contribution in [0.3, 0.4) is 0 Å². The van der Waals surface area contributed by atoms with Gasteiger partial charge in [-0.1, -0.05) is 24.3 Å². The molecule has 2 aliphatic rings. The number of nitrogens with zero attached hydrogens (tertiary/aromatic N) is 2. The van der Waals surface area contributed by atoms with Crippen molar-refractivity contribution < 1.29 is 18.0 Å². The predicted octanol–water partition coefficient (Wildman–Crippen LogP) is 3.58. The number of aromatic nitrogens is 1. The number of alkyl halides is 3. The van der Waals surface area contributed by atoms with Crippen molar-refractivity contribution in [3.63, 3.8) is 0 Å². The molecule has 0 fully saturated rings. The van der Waals surface area contributed by atoms with Gasteiger partial charge in [0.2, 0.25) is 0 Å². The summed E-state index contributed by atoms with van der Waals surface area (Å²) in [4.78, 5) is 26.8. The number of carbonyl (C=O) groups is 1. The molecule has 1 aliphatic heterocycles. The monoisotopic (exact) mass is 376 g/mol. The third-order valence-electron chi connectivity index (χ3n) is 5.75. The summed E-state index contributed by atoms with van der Waals surface area (Å²) in [5.41, 5.74) is 2.48. The molecule has 142 valence electrons. The van der Waals surface area contributed by atoms with E-state index >= 15 is 0 Å². The maximum atomic E-state index is 13.1. The molecule has 0 spiro atoms. The van der Waals surface area contributed by atoms with E-state index in [1.54, 1.807) is 36.1 Å². The van der Waals surface area contributed by atoms with Crippen molar-refractivity contribution in [2.75, 3.05) is 6.54 Å². The largest absolute Gasteiger partial charge is 0.396 e. The van der Waals surface area contributed by atoms with Gasteiger partial charge in [-0.15, -0.1) is 0 Å². The lowest BCUT2D eigenvalue weighted by Gasteiger charge is -2.39. The van der Waals surface area contributed by atoms with Crippen LogP contribution in [0.2, 0.25) is 0 Å². The van der Waals surface area contributed by atoms with Crippen molar-refractivity contribution in [1.29, 1.82) is 0 Å². The van der Waals surface area contributed by atoms with Gasteiger partial charge < -0.3 is 9.47 Å². The van der Waals surface area contributed by atoms with E-state index in [2.05, 4.69) is 0 Å². The van der Waals surface area contributed by atoms with Gasteiger partial charge in [0.1, 0.15) is 5.69 Å². The molecule has 4 rings (SSSR count). The Labute approximate surface area is 154 Å². The summed E-state index contributed by atoms with van der Waals surface area (Å²) in [6.07, 6.45) is -4.29. The van der Waals surface area contributed by atoms with Gasteiger partial charge in [0.05, 0.1) is 12.0 Å². The molecule has 1 aromatic carbocycles. The molecular weight excluding hydrogens is 357 g/mol. The SMILES string of the molecule is Cc1ccc2n(c1=O)CCN(C(C)c1cccc3c1CC3C(F)(F)F)C2=O. The maximum Gasteiger partial charge on any atom is 0.396 e. The number of pyridine rings is 1. The second-order valence-electron chi connectivity index (χ2n) is 7.25. The number of amides is 1. The molecular formula is C20H19F3N2O2. The Morgan fingerprint density at radius 1 is 1.11 bits per heavy atom. The van der Waals surface area contributed by atoms with Crippen LogP contribution in [-0.4, -0.2) is 28.1 Å². The molecule has 0 N–H and O–H groups in total. The Bertz CT molecular complexity index is 994. The fourth-order valence-corrected chi connectivity index (χ4v) is 4.14. The van der Waals surface area contributed by atoms with Gasteiger partial charge >= 0.3 is 6.18 Å². The Hall–Kier alpha value is -2.57. The number of fused-ring (bicyclic) bond motifs is 2. The standard InChI is InChI=1S/C20H19F3N2O2/c1-11-6-7-17-19(27)24(8-9-25(17)18(11)26)12(2)13-4-3-5-14-15(13)10-16(14)20(21,22)23/h3-7,12,16H,8-10H2,1-2H3. The first-order valence-corrected chi connectivity index (χ1v) is 8.90. The van der Waals surface area contributed by atoms with Crippen LogP contribution in [0.15, 0.2) is 35.1 Å². The van der Waals surface area contributed by atoms with Gasteiger partial charge in [0.15, 0.2) is 0 Å². The number of rotatable bonds is 2. The van der Waals surface area contributed by atoms with Gasteiger partial charge in [0, 0.05) is 18.7 Å². The van der Waals surface area contributed by atoms with E-state index in [0.29, 0.717) is 35.5 Å². The first-order valence-electron chi connectivity index (χ1n) is 8.90. The van der Waals surface area contributed by atoms with E-state index in [0.717, 1.165) is 5.56 Å². The fraction of sp³-hybridized carbons (Fsp3) is 0.400. The van der Waals surface area contributed by atoms with E-state index < -0.39 is 12.1 Å². The van der Waals surface area contributed by atoms with Crippen LogP contribution < -0.4 is 5.56 Å². The highest BCUT2D eigenvalue weighted by Gasteiger charge is 2.48. The van der Waals surface area contributed by atoms with Gasteiger partial charge in [0.25, 0.3) is 11.5 Å². The van der Waals surface area contributed by atoms with E-state index in [9.17, 15) is 22.8 Å². The molecule has 2 heterocycles. The number of carbonyl (C=O) groups excluding carboxylic acids is 1. The summed E-state index contributed by atoms with van der Waals surface area (Å²) in [5.74, 6) is -1.69. The van der Waals surface area contributed by atoms with Crippen molar-refractivity contribution in [3.05, 3.63) is 68.6 Å². The van der Waals surface area contributed by atoms with Crippen LogP contribution in [0, 0.1) is 6.92 Å². The molecule has 0 saturated heterocycles. The molecule has 2 atom stereocenters. The number of benzene rings is 1. The predicted molar refractivity (Wildman–Crippen MR) is 93.8 cm³/mol. The zero-order valence-corrected chi connectivity index (χ0v) is 15.0. The lowest BCUT2D eigenvalue weighted by atomic mass is 9.73. The molecule has 0 saturated carbocycles. The zero-order chi connectivity index (χ0) is 19.5. The van der Waals surface area contributed by atoms with Crippen LogP contribution in [0.25, 0.3) is 0 Å². The van der Waals surface area contributed by atoms with Crippen molar-refractivity contribution >= 4 is 5.91 Å². The first-order chi connectivity index (χ1) is 12.7. The third kappa shape index (κ3) is 2.67. The molecule has 1 aromatic heterocycles. The van der Waals surface area contributed by atoms with Crippen molar-refractivity contribution in [2.24, 2.45) is 0 Å². The number of halogens is 3. The molecule has 0 bridgehead atoms. The minimum atomic E-state index is -4.24. The molecule has 0 radical (unpaired) electrons. The molecule has 4 nitrogen and oxygen atoms in total. The summed E-state index contributed by atoms with van der Waals surface area (Å²) in [6, 6.07) is 7.85. The van der Waals surface area contributed by atoms with E-state index in [-0.39, 0.29) is 23.9 Å². The van der Waals surface area contributed by atoms with Crippen LogP contribution in [0.4, 0.5) is 13.2 Å². The van der Waals surface area contributed by atoms with Crippen molar-refractivity contribution in [1.82, 2.24) is 9.47 Å². The second kappa shape index (κ2) is 5.97. The van der Waals surface area contributed by atoms with Crippen LogP contribution in [-0.2, 0) is 13.0 Å². The van der Waals surface area contributed by atoms with Crippen LogP contribution >= 0.6 is 0 Å². The molecule has 2 unspecified atom stereocenters. The average Bonchev–Trinajstić information content (AvgIpc) is 2.57. The normalized spacial score (nSPS) is 20.0. The van der Waals surface area contributed by atoms with Crippen LogP contribution in [0.1, 0.15) is 51.6 Å². The third-order valence-corrected chi connectivity index (χ3v) is 5.75. The number of hydrogen-bond donors (Lipinski definition) is 0. The first kappa shape index (κ1) is 17.8. The van der Waals surface area contributed by atoms with Crippen LogP contribution in [0.5, 0.6) is 0 Å². The number of aryl methyl sites for hydroxylation is 1. The summed E-state index contributed by atoms with van der Waals surface area (Å²) >= 11 is 0. The lowest BCUT2D eigenvalue weighted by molar-refractivity contribution is -0.155. The quantitative estimate of drug-likeness (QED) is 0.804. The van der Waals surface area contributed by atoms with Crippen molar-refractivity contribution in [3.8, 4) is 0 Å². The van der Waals surface area contributed by atoms with Gasteiger partial charge in [-0.25, -0.2) is 0 Å². The minimum absolute atomic E-state index is 0.0450. The average molecular weight is 376 g/mol. The highest BCUT2D eigenvalue weighted by atomic mass is 19.4. The Balaban J connectivity index is 1.66. The topological polar surface area (TPSA) is 42.3 Å². The Kier molecular flexibility index (Phi) is 3.94. The van der Waals surface area contributed by atoms with Gasteiger partial charge in [-0.2, -0.15) is 13.2 Å². The zero-order valence-electron chi connectivity index (χ0n) is 15.0. The molecule has 1 amide bonds. The molecule has 7 heteroatoms. The summed E-state index contributed by atoms with van der Waals surface area (Å²) in [6.45, 7) is 4.27. The summed E-state index contributed by atoms with van der Waals surface area (Å²) < 4.78 is 40.7. The minimum Gasteiger partial charge on any atom is -0.329 e. The van der Waals surface area contributed by atoms with E-state index in [1.807, 2.05) is 6.92 Å². The lowest BCUT2D eigenvalue weighted by Crippen LogP contribution is -2.46. The van der Waals surface area contributed by atoms with Gasteiger partial charge in [-0.05, 0) is 43.0 Å². The summed E-state index contributed by atoms with van der Waals surface area (Å²) in [7, 11) is 0. The van der Waals surface area contributed by atoms with E-state index in [1.165, 1.54) is 10.6 Å². The van der Waals surface area contributed by atoms with Gasteiger partial charge in [-0.3, -0.25) is 9.59 Å². The number of hydrogen-bond acceptors (Lipinski definition) is 2. The van der Waals surface area contributed by atoms with Crippen molar-refractivity contribution in [2.45, 2.75) is 44.9 Å². The summed E-state index contributed by atoms with van der Waals surface area (Å²) in [5, 5.41) is 0. The Morgan fingerprint density at radius 3 is 2.56 bits per heavy atom. The van der Waals surface area contributed by atoms with E-state index in [4.69, 9.17) is 0 Å². The Morgan fingerprint density at radius 2 is 1.85 bits per heavy atom. The fourth-order valence-electron chi connectivity index (χ4n) is 4.14. The highest BCUT2D eigenvalue weighted by Crippen LogP contribution is 2.48. The highest BCUT2D eigenvalue weighted by molar-refractivity contribution is 5.93.